The van der Waals surface area contributed by atoms with E-state index in [1.807, 2.05) is 6.07 Å². The molecule has 2 aromatic rings. The molecule has 0 spiro atoms. The van der Waals surface area contributed by atoms with Crippen LogP contribution >= 0.6 is 0 Å². The van der Waals surface area contributed by atoms with Crippen LogP contribution in [0.2, 0.25) is 0 Å². The summed E-state index contributed by atoms with van der Waals surface area (Å²) in [6.45, 7) is 0. The molecular weight excluding hydrogens is 246 g/mol. The van der Waals surface area contributed by atoms with Gasteiger partial charge < -0.3 is 5.32 Å². The fourth-order valence-electron chi connectivity index (χ4n) is 1.47. The van der Waals surface area contributed by atoms with Gasteiger partial charge in [-0.15, -0.1) is 0 Å². The minimum atomic E-state index is -0.577. The van der Waals surface area contributed by atoms with Crippen molar-refractivity contribution < 1.29 is 9.72 Å². The van der Waals surface area contributed by atoms with Crippen LogP contribution in [0.15, 0.2) is 54.6 Å². The maximum atomic E-state index is 11.6. The number of benzene rings is 2. The lowest BCUT2D eigenvalue weighted by molar-refractivity contribution is -0.384. The van der Waals surface area contributed by atoms with E-state index < -0.39 is 11.0 Å². The van der Waals surface area contributed by atoms with E-state index in [9.17, 15) is 14.9 Å². The Morgan fingerprint density at radius 2 is 1.84 bits per heavy atom. The van der Waals surface area contributed by atoms with Gasteiger partial charge >= 0.3 is 6.03 Å². The zero-order valence-electron chi connectivity index (χ0n) is 9.82. The highest BCUT2D eigenvalue weighted by atomic mass is 16.6. The summed E-state index contributed by atoms with van der Waals surface area (Å²) >= 11 is 0. The molecule has 0 bridgehead atoms. The van der Waals surface area contributed by atoms with Crippen LogP contribution in [0.5, 0.6) is 0 Å². The summed E-state index contributed by atoms with van der Waals surface area (Å²) in [4.78, 5) is 21.7. The number of nitrogens with one attached hydrogen (secondary N) is 1. The minimum Gasteiger partial charge on any atom is -0.306 e. The predicted octanol–water partition coefficient (Wildman–Crippen LogP) is 3.06. The van der Waals surface area contributed by atoms with Gasteiger partial charge in [-0.3, -0.25) is 10.1 Å². The largest absolute Gasteiger partial charge is 0.345 e. The molecule has 0 saturated heterocycles. The van der Waals surface area contributed by atoms with E-state index in [1.165, 1.54) is 24.3 Å². The highest BCUT2D eigenvalue weighted by molar-refractivity contribution is 5.92. The second kappa shape index (κ2) is 5.63. The first-order chi connectivity index (χ1) is 9.15. The molecule has 19 heavy (non-hydrogen) atoms. The third kappa shape index (κ3) is 3.53. The van der Waals surface area contributed by atoms with Gasteiger partial charge in [-0.1, -0.05) is 24.3 Å². The summed E-state index contributed by atoms with van der Waals surface area (Å²) in [5, 5.41) is 16.9. The first-order valence-corrected chi connectivity index (χ1v) is 5.47. The third-order valence-electron chi connectivity index (χ3n) is 2.30. The van der Waals surface area contributed by atoms with Crippen LogP contribution in [0, 0.1) is 10.1 Å². The second-order valence-corrected chi connectivity index (χ2v) is 3.68. The van der Waals surface area contributed by atoms with Crippen LogP contribution in [0.4, 0.5) is 21.9 Å². The van der Waals surface area contributed by atoms with E-state index in [0.29, 0.717) is 5.69 Å². The Hall–Kier alpha value is -2.89. The monoisotopic (exact) mass is 256 g/mol. The van der Waals surface area contributed by atoms with Crippen LogP contribution in [-0.2, 0) is 0 Å². The van der Waals surface area contributed by atoms with Gasteiger partial charge in [0.1, 0.15) is 0 Å². The van der Waals surface area contributed by atoms with Crippen molar-refractivity contribution in [3.63, 3.8) is 0 Å². The summed E-state index contributed by atoms with van der Waals surface area (Å²) < 4.78 is 0. The molecule has 6 nitrogen and oxygen atoms in total. The van der Waals surface area contributed by atoms with E-state index in [4.69, 9.17) is 0 Å². The number of hydrogen-bond acceptors (Lipinski definition) is 3. The van der Waals surface area contributed by atoms with Gasteiger partial charge in [-0.05, 0) is 18.2 Å². The number of amides is 2. The Kier molecular flexibility index (Phi) is 3.72. The zero-order valence-corrected chi connectivity index (χ0v) is 9.82. The first-order valence-electron chi connectivity index (χ1n) is 5.47. The topological polar surface area (TPSA) is 86.3 Å². The highest BCUT2D eigenvalue weighted by Gasteiger charge is 2.09. The number of carbonyl (C=O) groups is 1. The Morgan fingerprint density at radius 3 is 2.53 bits per heavy atom. The van der Waals surface area contributed by atoms with Gasteiger partial charge in [0.05, 0.1) is 10.6 Å². The van der Waals surface area contributed by atoms with Crippen LogP contribution in [0.25, 0.3) is 0 Å². The molecule has 0 saturated carbocycles. The van der Waals surface area contributed by atoms with Gasteiger partial charge in [-0.2, -0.15) is 5.32 Å². The number of hydrogen-bond donors (Lipinski definition) is 1. The van der Waals surface area contributed by atoms with Crippen molar-refractivity contribution >= 4 is 23.1 Å². The van der Waals surface area contributed by atoms with Crippen molar-refractivity contribution in [1.82, 2.24) is 5.32 Å². The number of nitro groups is 1. The SMILES string of the molecule is O=C([N]c1cccc([N+](=O)[O-])c1)Nc1ccccc1. The lowest BCUT2D eigenvalue weighted by atomic mass is 10.3. The van der Waals surface area contributed by atoms with Crippen molar-refractivity contribution in [2.24, 2.45) is 0 Å². The second-order valence-electron chi connectivity index (χ2n) is 3.68. The first kappa shape index (κ1) is 12.6. The Morgan fingerprint density at radius 1 is 1.11 bits per heavy atom. The van der Waals surface area contributed by atoms with Gasteiger partial charge in [-0.25, -0.2) is 4.79 Å². The molecular formula is C13H10N3O3. The number of non-ortho nitro benzene ring substituents is 1. The molecule has 2 rings (SSSR count). The Balaban J connectivity index is 2.03. The predicted molar refractivity (Wildman–Crippen MR) is 70.4 cm³/mol. The molecule has 0 aromatic heterocycles. The summed E-state index contributed by atoms with van der Waals surface area (Å²) in [5.41, 5.74) is 0.748. The van der Waals surface area contributed by atoms with Crippen LogP contribution < -0.4 is 10.6 Å². The number of anilines is 1. The van der Waals surface area contributed by atoms with Crippen molar-refractivity contribution in [2.45, 2.75) is 0 Å². The maximum absolute atomic E-state index is 11.6. The molecule has 0 unspecified atom stereocenters. The van der Waals surface area contributed by atoms with Crippen molar-refractivity contribution in [1.29, 1.82) is 0 Å². The van der Waals surface area contributed by atoms with Gasteiger partial charge in [0.25, 0.3) is 5.69 Å². The molecule has 0 fully saturated rings. The fraction of sp³-hybridized carbons (Fsp3) is 0. The number of nitro benzene ring substituents is 1. The third-order valence-corrected chi connectivity index (χ3v) is 2.30. The molecule has 1 N–H and O–H groups in total. The van der Waals surface area contributed by atoms with Gasteiger partial charge in [0.2, 0.25) is 0 Å². The minimum absolute atomic E-state index is 0.103. The normalized spacial score (nSPS) is 9.68. The van der Waals surface area contributed by atoms with Crippen molar-refractivity contribution in [2.75, 3.05) is 5.32 Å². The Bertz CT molecular complexity index is 599. The number of rotatable bonds is 3. The molecule has 0 aliphatic carbocycles. The number of carbonyl (C=O) groups excluding carboxylic acids is 1. The molecule has 6 heteroatoms. The zero-order chi connectivity index (χ0) is 13.7. The maximum Gasteiger partial charge on any atom is 0.345 e. The average Bonchev–Trinajstić information content (AvgIpc) is 2.40. The number of urea groups is 1. The lowest BCUT2D eigenvalue weighted by Crippen LogP contribution is -2.18. The number of nitrogens with zero attached hydrogens (tertiary/aromatic N) is 2. The summed E-state index contributed by atoms with van der Waals surface area (Å²) in [6.07, 6.45) is 0. The van der Waals surface area contributed by atoms with E-state index in [2.05, 4.69) is 10.6 Å². The smallest absolute Gasteiger partial charge is 0.306 e. The quantitative estimate of drug-likeness (QED) is 0.676. The molecule has 1 radical (unpaired) electrons. The van der Waals surface area contributed by atoms with E-state index in [0.717, 1.165) is 0 Å². The van der Waals surface area contributed by atoms with Crippen molar-refractivity contribution in [3.05, 3.63) is 64.7 Å². The molecule has 0 aliphatic rings. The standard InChI is InChI=1S/C13H10N3O3/c17-13(14-10-5-2-1-3-6-10)15-11-7-4-8-12(9-11)16(18)19/h1-9H,(H,14,17). The van der Waals surface area contributed by atoms with E-state index in [-0.39, 0.29) is 11.4 Å². The van der Waals surface area contributed by atoms with Crippen LogP contribution in [0.1, 0.15) is 0 Å². The van der Waals surface area contributed by atoms with Gasteiger partial charge in [0.15, 0.2) is 0 Å². The molecule has 0 heterocycles. The summed E-state index contributed by atoms with van der Waals surface area (Å²) in [6, 6.07) is 13.8. The van der Waals surface area contributed by atoms with Crippen LogP contribution in [-0.4, -0.2) is 11.0 Å². The van der Waals surface area contributed by atoms with Gasteiger partial charge in [0, 0.05) is 17.8 Å². The number of para-hydroxylation sites is 1. The molecule has 2 amide bonds. The molecule has 0 aliphatic heterocycles. The van der Waals surface area contributed by atoms with Crippen molar-refractivity contribution in [3.8, 4) is 0 Å². The fourth-order valence-corrected chi connectivity index (χ4v) is 1.47. The van der Waals surface area contributed by atoms with E-state index >= 15 is 0 Å². The highest BCUT2D eigenvalue weighted by Crippen LogP contribution is 2.17. The molecule has 2 aromatic carbocycles. The van der Waals surface area contributed by atoms with Crippen LogP contribution in [0.3, 0.4) is 0 Å². The summed E-state index contributed by atoms with van der Waals surface area (Å²) in [7, 11) is 0. The lowest BCUT2D eigenvalue weighted by Gasteiger charge is -2.04. The summed E-state index contributed by atoms with van der Waals surface area (Å²) in [5.74, 6) is 0. The molecule has 0 atom stereocenters. The van der Waals surface area contributed by atoms with E-state index in [1.54, 1.807) is 24.3 Å². The Labute approximate surface area is 109 Å². The molecule has 95 valence electrons. The average molecular weight is 256 g/mol.